The first-order chi connectivity index (χ1) is 6.63. The average Bonchev–Trinajstić information content (AvgIpc) is 2.12. The third-order valence-electron chi connectivity index (χ3n) is 1.47. The highest BCUT2D eigenvalue weighted by atomic mass is 35.5. The summed E-state index contributed by atoms with van der Waals surface area (Å²) >= 11 is 5.61. The first-order valence-electron chi connectivity index (χ1n) is 3.79. The van der Waals surface area contributed by atoms with Crippen molar-refractivity contribution in [2.24, 2.45) is 0 Å². The van der Waals surface area contributed by atoms with Crippen molar-refractivity contribution in [2.75, 3.05) is 5.32 Å². The zero-order valence-electron chi connectivity index (χ0n) is 7.12. The summed E-state index contributed by atoms with van der Waals surface area (Å²) in [7, 11) is 0. The van der Waals surface area contributed by atoms with Crippen LogP contribution < -0.4 is 5.32 Å². The third kappa shape index (κ3) is 2.64. The summed E-state index contributed by atoms with van der Waals surface area (Å²) in [5, 5.41) is 19.9. The minimum Gasteiger partial charge on any atom is -0.506 e. The molecule has 1 rings (SSSR count). The number of carbonyl (C=O) groups is 1. The first kappa shape index (κ1) is 10.4. The number of aromatic hydroxyl groups is 1. The molecule has 0 unspecified atom stereocenters. The molecule has 0 saturated heterocycles. The zero-order chi connectivity index (χ0) is 10.6. The fourth-order valence-corrected chi connectivity index (χ4v) is 1.04. The summed E-state index contributed by atoms with van der Waals surface area (Å²) in [6.07, 6.45) is -0.210. The molecule has 5 heteroatoms. The zero-order valence-corrected chi connectivity index (χ0v) is 7.88. The molecule has 4 nitrogen and oxygen atoms in total. The van der Waals surface area contributed by atoms with Gasteiger partial charge >= 0.3 is 0 Å². The second kappa shape index (κ2) is 4.49. The molecule has 0 aliphatic carbocycles. The number of halogens is 1. The lowest BCUT2D eigenvalue weighted by atomic mass is 10.3. The minimum absolute atomic E-state index is 0.0510. The van der Waals surface area contributed by atoms with Crippen molar-refractivity contribution < 1.29 is 9.90 Å². The van der Waals surface area contributed by atoms with Crippen LogP contribution in [-0.4, -0.2) is 11.0 Å². The molecule has 0 atom stereocenters. The van der Waals surface area contributed by atoms with Crippen LogP contribution in [0.1, 0.15) is 6.42 Å². The van der Waals surface area contributed by atoms with Crippen LogP contribution in [0.15, 0.2) is 18.2 Å². The Balaban J connectivity index is 2.74. The number of phenols is 1. The molecule has 0 saturated carbocycles. The second-order valence-corrected chi connectivity index (χ2v) is 2.96. The molecule has 2 N–H and O–H groups in total. The predicted molar refractivity (Wildman–Crippen MR) is 52.0 cm³/mol. The highest BCUT2D eigenvalue weighted by Crippen LogP contribution is 2.25. The smallest absolute Gasteiger partial charge is 0.238 e. The Hall–Kier alpha value is -1.73. The van der Waals surface area contributed by atoms with Crippen LogP contribution in [-0.2, 0) is 4.79 Å². The van der Waals surface area contributed by atoms with E-state index in [-0.39, 0.29) is 17.2 Å². The van der Waals surface area contributed by atoms with Crippen molar-refractivity contribution >= 4 is 23.2 Å². The lowest BCUT2D eigenvalue weighted by molar-refractivity contribution is -0.115. The summed E-state index contributed by atoms with van der Waals surface area (Å²) in [6.45, 7) is 0. The fourth-order valence-electron chi connectivity index (χ4n) is 0.862. The van der Waals surface area contributed by atoms with E-state index in [2.05, 4.69) is 5.32 Å². The fraction of sp³-hybridized carbons (Fsp3) is 0.111. The maximum absolute atomic E-state index is 11.0. The monoisotopic (exact) mass is 210 g/mol. The van der Waals surface area contributed by atoms with Crippen molar-refractivity contribution in [2.45, 2.75) is 6.42 Å². The largest absolute Gasteiger partial charge is 0.506 e. The number of nitrogens with zero attached hydrogens (tertiary/aromatic N) is 1. The average molecular weight is 211 g/mol. The van der Waals surface area contributed by atoms with E-state index in [0.29, 0.717) is 5.69 Å². The predicted octanol–water partition coefficient (Wildman–Crippen LogP) is 1.90. The highest BCUT2D eigenvalue weighted by molar-refractivity contribution is 6.32. The molecule has 1 aromatic carbocycles. The second-order valence-electron chi connectivity index (χ2n) is 2.55. The van der Waals surface area contributed by atoms with Gasteiger partial charge in [0, 0.05) is 5.69 Å². The molecule has 0 aliphatic heterocycles. The van der Waals surface area contributed by atoms with Crippen molar-refractivity contribution in [1.82, 2.24) is 0 Å². The van der Waals surface area contributed by atoms with E-state index < -0.39 is 5.91 Å². The van der Waals surface area contributed by atoms with E-state index in [1.165, 1.54) is 18.2 Å². The molecule has 0 bridgehead atoms. The van der Waals surface area contributed by atoms with Crippen LogP contribution in [0, 0.1) is 11.3 Å². The number of phenolic OH excluding ortho intramolecular Hbond substituents is 1. The van der Waals surface area contributed by atoms with Gasteiger partial charge in [-0.25, -0.2) is 0 Å². The number of nitriles is 1. The third-order valence-corrected chi connectivity index (χ3v) is 1.77. The van der Waals surface area contributed by atoms with Crippen molar-refractivity contribution in [3.05, 3.63) is 23.2 Å². The first-order valence-corrected chi connectivity index (χ1v) is 4.16. The number of nitrogens with one attached hydrogen (secondary N) is 1. The normalized spacial score (nSPS) is 9.14. The molecule has 14 heavy (non-hydrogen) atoms. The summed E-state index contributed by atoms with van der Waals surface area (Å²) in [5.41, 5.74) is 0.452. The van der Waals surface area contributed by atoms with E-state index in [0.717, 1.165) is 0 Å². The number of hydrogen-bond acceptors (Lipinski definition) is 3. The molecular formula is C9H7ClN2O2. The molecule has 1 amide bonds. The Morgan fingerprint density at radius 3 is 2.93 bits per heavy atom. The summed E-state index contributed by atoms with van der Waals surface area (Å²) in [6, 6.07) is 5.99. The standard InChI is InChI=1S/C9H7ClN2O2/c10-7-5-6(1-2-8(7)13)12-9(14)3-4-11/h1-2,5,13H,3H2,(H,12,14). The van der Waals surface area contributed by atoms with Gasteiger partial charge < -0.3 is 10.4 Å². The topological polar surface area (TPSA) is 73.1 Å². The van der Waals surface area contributed by atoms with Crippen molar-refractivity contribution in [1.29, 1.82) is 5.26 Å². The number of carbonyl (C=O) groups excluding carboxylic acids is 1. The molecule has 0 aromatic heterocycles. The molecule has 0 radical (unpaired) electrons. The van der Waals surface area contributed by atoms with E-state index in [4.69, 9.17) is 22.0 Å². The summed E-state index contributed by atoms with van der Waals surface area (Å²) in [5.74, 6) is -0.459. The van der Waals surface area contributed by atoms with Crippen LogP contribution in [0.25, 0.3) is 0 Å². The van der Waals surface area contributed by atoms with Gasteiger partial charge in [-0.2, -0.15) is 5.26 Å². The van der Waals surface area contributed by atoms with Crippen LogP contribution in [0.5, 0.6) is 5.75 Å². The SMILES string of the molecule is N#CCC(=O)Nc1ccc(O)c(Cl)c1. The number of hydrogen-bond donors (Lipinski definition) is 2. The van der Waals surface area contributed by atoms with Crippen molar-refractivity contribution in [3.8, 4) is 11.8 Å². The maximum atomic E-state index is 11.0. The lowest BCUT2D eigenvalue weighted by Crippen LogP contribution is -2.09. The van der Waals surface area contributed by atoms with E-state index >= 15 is 0 Å². The van der Waals surface area contributed by atoms with E-state index in [9.17, 15) is 4.79 Å². The highest BCUT2D eigenvalue weighted by Gasteiger charge is 2.03. The molecule has 72 valence electrons. The summed E-state index contributed by atoms with van der Waals surface area (Å²) in [4.78, 5) is 11.0. The Kier molecular flexibility index (Phi) is 3.32. The summed E-state index contributed by atoms with van der Waals surface area (Å²) < 4.78 is 0. The van der Waals surface area contributed by atoms with Gasteiger partial charge in [-0.3, -0.25) is 4.79 Å². The molecule has 0 heterocycles. The quantitative estimate of drug-likeness (QED) is 0.733. The lowest BCUT2D eigenvalue weighted by Gasteiger charge is -2.03. The van der Waals surface area contributed by atoms with Gasteiger partial charge in [-0.15, -0.1) is 0 Å². The van der Waals surface area contributed by atoms with Gasteiger partial charge in [0.2, 0.25) is 5.91 Å². The van der Waals surface area contributed by atoms with Crippen LogP contribution in [0.2, 0.25) is 5.02 Å². The molecule has 0 aliphatic rings. The van der Waals surface area contributed by atoms with Gasteiger partial charge in [0.15, 0.2) is 0 Å². The number of amides is 1. The van der Waals surface area contributed by atoms with Gasteiger partial charge in [0.1, 0.15) is 12.2 Å². The Labute approximate surface area is 85.7 Å². The molecule has 0 fully saturated rings. The number of anilines is 1. The van der Waals surface area contributed by atoms with E-state index in [1.807, 2.05) is 0 Å². The number of benzene rings is 1. The minimum atomic E-state index is -0.408. The van der Waals surface area contributed by atoms with Gasteiger partial charge in [-0.1, -0.05) is 11.6 Å². The van der Waals surface area contributed by atoms with Crippen LogP contribution in [0.3, 0.4) is 0 Å². The molecular weight excluding hydrogens is 204 g/mol. The molecule has 1 aromatic rings. The Bertz CT molecular complexity index is 398. The maximum Gasteiger partial charge on any atom is 0.238 e. The van der Waals surface area contributed by atoms with Gasteiger partial charge in [0.25, 0.3) is 0 Å². The van der Waals surface area contributed by atoms with Gasteiger partial charge in [0.05, 0.1) is 11.1 Å². The van der Waals surface area contributed by atoms with Crippen LogP contribution in [0.4, 0.5) is 5.69 Å². The van der Waals surface area contributed by atoms with Gasteiger partial charge in [-0.05, 0) is 18.2 Å². The van der Waals surface area contributed by atoms with Crippen LogP contribution >= 0.6 is 11.6 Å². The molecule has 0 spiro atoms. The Morgan fingerprint density at radius 2 is 2.36 bits per heavy atom. The van der Waals surface area contributed by atoms with Crippen molar-refractivity contribution in [3.63, 3.8) is 0 Å². The number of rotatable bonds is 2. The Morgan fingerprint density at radius 1 is 1.64 bits per heavy atom. The van der Waals surface area contributed by atoms with E-state index in [1.54, 1.807) is 6.07 Å².